The molecule has 0 aromatic heterocycles. The van der Waals surface area contributed by atoms with Gasteiger partial charge in [0, 0.05) is 0 Å². The second-order valence-electron chi connectivity index (χ2n) is 2.69. The molecule has 0 saturated carbocycles. The van der Waals surface area contributed by atoms with E-state index < -0.39 is 5.82 Å². The van der Waals surface area contributed by atoms with Gasteiger partial charge in [0.2, 0.25) is 0 Å². The van der Waals surface area contributed by atoms with Crippen LogP contribution in [0.5, 0.6) is 5.75 Å². The minimum Gasteiger partial charge on any atom is -0.505 e. The Balaban J connectivity index is 2.73. The van der Waals surface area contributed by atoms with Crippen LogP contribution in [0.3, 0.4) is 0 Å². The Bertz CT molecular complexity index is 310. The van der Waals surface area contributed by atoms with Crippen LogP contribution in [0.2, 0.25) is 0 Å². The van der Waals surface area contributed by atoms with Crippen molar-refractivity contribution in [2.75, 3.05) is 6.54 Å². The van der Waals surface area contributed by atoms with E-state index in [4.69, 9.17) is 10.8 Å². The lowest BCUT2D eigenvalue weighted by atomic mass is 10.2. The lowest BCUT2D eigenvalue weighted by molar-refractivity contribution is 0.432. The van der Waals surface area contributed by atoms with E-state index in [1.54, 1.807) is 12.1 Å². The van der Waals surface area contributed by atoms with Gasteiger partial charge in [-0.25, -0.2) is 4.39 Å². The van der Waals surface area contributed by atoms with E-state index in [2.05, 4.69) is 0 Å². The molecular weight excluding hydrogens is 169 g/mol. The Morgan fingerprint density at radius 3 is 2.85 bits per heavy atom. The summed E-state index contributed by atoms with van der Waals surface area (Å²) in [4.78, 5) is 0. The van der Waals surface area contributed by atoms with Gasteiger partial charge in [-0.1, -0.05) is 18.2 Å². The molecule has 1 rings (SSSR count). The summed E-state index contributed by atoms with van der Waals surface area (Å²) in [5.74, 6) is -0.925. The Hall–Kier alpha value is -1.35. The first-order chi connectivity index (χ1) is 6.24. The van der Waals surface area contributed by atoms with Crippen LogP contribution in [0.25, 0.3) is 6.08 Å². The number of nitrogens with two attached hydrogens (primary N) is 1. The predicted molar refractivity (Wildman–Crippen MR) is 50.8 cm³/mol. The second kappa shape index (κ2) is 4.62. The molecule has 70 valence electrons. The highest BCUT2D eigenvalue weighted by molar-refractivity contribution is 5.51. The zero-order valence-corrected chi connectivity index (χ0v) is 7.20. The monoisotopic (exact) mass is 181 g/mol. The molecule has 0 fully saturated rings. The maximum atomic E-state index is 12.6. The van der Waals surface area contributed by atoms with Crippen molar-refractivity contribution in [2.45, 2.75) is 6.42 Å². The van der Waals surface area contributed by atoms with Crippen molar-refractivity contribution < 1.29 is 9.50 Å². The molecule has 1 aromatic carbocycles. The van der Waals surface area contributed by atoms with Crippen LogP contribution in [0.1, 0.15) is 12.0 Å². The summed E-state index contributed by atoms with van der Waals surface area (Å²) in [7, 11) is 0. The number of hydrogen-bond donors (Lipinski definition) is 2. The Labute approximate surface area is 76.5 Å². The van der Waals surface area contributed by atoms with Crippen LogP contribution in [-0.2, 0) is 0 Å². The maximum absolute atomic E-state index is 12.6. The smallest absolute Gasteiger partial charge is 0.164 e. The quantitative estimate of drug-likeness (QED) is 0.748. The Morgan fingerprint density at radius 2 is 2.23 bits per heavy atom. The van der Waals surface area contributed by atoms with Crippen molar-refractivity contribution in [1.82, 2.24) is 0 Å². The molecule has 2 nitrogen and oxygen atoms in total. The first kappa shape index (κ1) is 9.74. The molecule has 0 aliphatic heterocycles. The summed E-state index contributed by atoms with van der Waals surface area (Å²) in [6.07, 6.45) is 4.46. The molecule has 0 atom stereocenters. The molecule has 0 radical (unpaired) electrons. The topological polar surface area (TPSA) is 46.2 Å². The van der Waals surface area contributed by atoms with Crippen molar-refractivity contribution in [2.24, 2.45) is 5.73 Å². The number of benzene rings is 1. The van der Waals surface area contributed by atoms with Gasteiger partial charge in [-0.2, -0.15) is 0 Å². The molecule has 0 bridgehead atoms. The fourth-order valence-electron chi connectivity index (χ4n) is 0.949. The van der Waals surface area contributed by atoms with E-state index in [1.165, 1.54) is 12.1 Å². The van der Waals surface area contributed by atoms with Gasteiger partial charge in [-0.15, -0.1) is 0 Å². The van der Waals surface area contributed by atoms with Gasteiger partial charge in [0.15, 0.2) is 11.6 Å². The molecule has 13 heavy (non-hydrogen) atoms. The predicted octanol–water partition coefficient (Wildman–Crippen LogP) is 1.89. The number of aromatic hydroxyl groups is 1. The van der Waals surface area contributed by atoms with E-state index in [1.807, 2.05) is 6.08 Å². The van der Waals surface area contributed by atoms with E-state index in [-0.39, 0.29) is 5.75 Å². The molecule has 0 aliphatic rings. The van der Waals surface area contributed by atoms with Crippen LogP contribution in [-0.4, -0.2) is 11.7 Å². The highest BCUT2D eigenvalue weighted by atomic mass is 19.1. The summed E-state index contributed by atoms with van der Waals surface area (Å²) in [5, 5.41) is 9.02. The van der Waals surface area contributed by atoms with E-state index in [0.717, 1.165) is 12.0 Å². The van der Waals surface area contributed by atoms with Crippen molar-refractivity contribution in [3.63, 3.8) is 0 Å². The average molecular weight is 181 g/mol. The SMILES string of the molecule is NCCC=Cc1ccc(F)c(O)c1. The summed E-state index contributed by atoms with van der Waals surface area (Å²) in [5.41, 5.74) is 6.06. The molecule has 0 aliphatic carbocycles. The van der Waals surface area contributed by atoms with Gasteiger partial charge in [0.1, 0.15) is 0 Å². The molecule has 3 heteroatoms. The number of phenolic OH excluding ortho intramolecular Hbond substituents is 1. The molecule has 0 amide bonds. The molecule has 1 aromatic rings. The van der Waals surface area contributed by atoms with Crippen LogP contribution in [0.15, 0.2) is 24.3 Å². The molecular formula is C10H12FNO. The molecule has 3 N–H and O–H groups in total. The summed E-state index contributed by atoms with van der Waals surface area (Å²) in [6.45, 7) is 0.587. The van der Waals surface area contributed by atoms with E-state index in [0.29, 0.717) is 6.54 Å². The van der Waals surface area contributed by atoms with Crippen LogP contribution >= 0.6 is 0 Å². The Kier molecular flexibility index (Phi) is 3.46. The average Bonchev–Trinajstić information content (AvgIpc) is 2.12. The van der Waals surface area contributed by atoms with Crippen molar-refractivity contribution in [3.8, 4) is 5.75 Å². The highest BCUT2D eigenvalue weighted by Crippen LogP contribution is 2.17. The number of halogens is 1. The lowest BCUT2D eigenvalue weighted by Gasteiger charge is -1.96. The summed E-state index contributed by atoms with van der Waals surface area (Å²) >= 11 is 0. The third-order valence-electron chi connectivity index (χ3n) is 1.61. The fourth-order valence-corrected chi connectivity index (χ4v) is 0.949. The van der Waals surface area contributed by atoms with Gasteiger partial charge in [-0.05, 0) is 30.7 Å². The molecule has 0 unspecified atom stereocenters. The number of rotatable bonds is 3. The van der Waals surface area contributed by atoms with Gasteiger partial charge in [0.05, 0.1) is 0 Å². The zero-order chi connectivity index (χ0) is 9.68. The zero-order valence-electron chi connectivity index (χ0n) is 7.20. The highest BCUT2D eigenvalue weighted by Gasteiger charge is 1.97. The van der Waals surface area contributed by atoms with Gasteiger partial charge in [0.25, 0.3) is 0 Å². The van der Waals surface area contributed by atoms with E-state index >= 15 is 0 Å². The maximum Gasteiger partial charge on any atom is 0.164 e. The third-order valence-corrected chi connectivity index (χ3v) is 1.61. The minimum atomic E-state index is -0.601. The molecule has 0 heterocycles. The number of hydrogen-bond acceptors (Lipinski definition) is 2. The minimum absolute atomic E-state index is 0.324. The van der Waals surface area contributed by atoms with Crippen LogP contribution < -0.4 is 5.73 Å². The first-order valence-electron chi connectivity index (χ1n) is 4.09. The second-order valence-corrected chi connectivity index (χ2v) is 2.69. The van der Waals surface area contributed by atoms with Gasteiger partial charge in [-0.3, -0.25) is 0 Å². The van der Waals surface area contributed by atoms with Crippen molar-refractivity contribution in [3.05, 3.63) is 35.7 Å². The fraction of sp³-hybridized carbons (Fsp3) is 0.200. The molecule has 0 spiro atoms. The van der Waals surface area contributed by atoms with Crippen LogP contribution in [0.4, 0.5) is 4.39 Å². The van der Waals surface area contributed by atoms with Crippen LogP contribution in [0, 0.1) is 5.82 Å². The third kappa shape index (κ3) is 2.87. The van der Waals surface area contributed by atoms with E-state index in [9.17, 15) is 4.39 Å². The largest absolute Gasteiger partial charge is 0.505 e. The molecule has 0 saturated heterocycles. The first-order valence-corrected chi connectivity index (χ1v) is 4.09. The summed E-state index contributed by atoms with van der Waals surface area (Å²) in [6, 6.07) is 4.21. The standard InChI is InChI=1S/C10H12FNO/c11-9-5-4-8(7-10(9)13)3-1-2-6-12/h1,3-5,7,13H,2,6,12H2. The van der Waals surface area contributed by atoms with Crippen molar-refractivity contribution in [1.29, 1.82) is 0 Å². The lowest BCUT2D eigenvalue weighted by Crippen LogP contribution is -1.94. The normalized spacial score (nSPS) is 10.9. The number of phenols is 1. The van der Waals surface area contributed by atoms with Gasteiger partial charge < -0.3 is 10.8 Å². The van der Waals surface area contributed by atoms with Gasteiger partial charge >= 0.3 is 0 Å². The Morgan fingerprint density at radius 1 is 1.46 bits per heavy atom. The van der Waals surface area contributed by atoms with Crippen molar-refractivity contribution >= 4 is 6.08 Å². The summed E-state index contributed by atoms with van der Waals surface area (Å²) < 4.78 is 12.6.